The number of hydrogen-bond acceptors (Lipinski definition) is 3. The Bertz CT molecular complexity index is 381. The lowest BCUT2D eigenvalue weighted by molar-refractivity contribution is -0.385. The normalized spacial score (nSPS) is 12.2. The number of benzene rings is 1. The lowest BCUT2D eigenvalue weighted by atomic mass is 10.2. The summed E-state index contributed by atoms with van der Waals surface area (Å²) in [7, 11) is 0. The molecule has 4 nitrogen and oxygen atoms in total. The van der Waals surface area contributed by atoms with Crippen molar-refractivity contribution >= 4 is 21.6 Å². The Labute approximate surface area is 103 Å². The molecule has 1 atom stereocenters. The molecule has 1 unspecified atom stereocenters. The Morgan fingerprint density at radius 3 is 2.81 bits per heavy atom. The van der Waals surface area contributed by atoms with Crippen LogP contribution in [0.5, 0.6) is 5.75 Å². The Morgan fingerprint density at radius 2 is 2.25 bits per heavy atom. The van der Waals surface area contributed by atoms with Gasteiger partial charge in [0.15, 0.2) is 0 Å². The number of ether oxygens (including phenoxy) is 1. The van der Waals surface area contributed by atoms with Crippen LogP contribution in [0.2, 0.25) is 0 Å². The van der Waals surface area contributed by atoms with Gasteiger partial charge >= 0.3 is 0 Å². The zero-order valence-corrected chi connectivity index (χ0v) is 10.9. The second-order valence-electron chi connectivity index (χ2n) is 3.73. The van der Waals surface area contributed by atoms with E-state index in [0.717, 1.165) is 5.33 Å². The van der Waals surface area contributed by atoms with Gasteiger partial charge in [-0.3, -0.25) is 10.1 Å². The Hall–Kier alpha value is -1.10. The molecule has 0 bridgehead atoms. The van der Waals surface area contributed by atoms with Gasteiger partial charge in [0, 0.05) is 11.4 Å². The SMILES string of the molecule is Cc1c(OCC(C)CBr)cccc1[N+](=O)[O-]. The third-order valence-corrected chi connectivity index (χ3v) is 3.34. The van der Waals surface area contributed by atoms with Crippen LogP contribution in [-0.2, 0) is 0 Å². The molecule has 0 N–H and O–H groups in total. The molecule has 0 aliphatic heterocycles. The van der Waals surface area contributed by atoms with Crippen molar-refractivity contribution in [2.24, 2.45) is 5.92 Å². The molecule has 0 heterocycles. The number of nitrogens with zero attached hydrogens (tertiary/aromatic N) is 1. The van der Waals surface area contributed by atoms with Crippen LogP contribution in [-0.4, -0.2) is 16.9 Å². The molecule has 1 aromatic carbocycles. The zero-order chi connectivity index (χ0) is 12.1. The first-order chi connectivity index (χ1) is 7.56. The highest BCUT2D eigenvalue weighted by Gasteiger charge is 2.14. The van der Waals surface area contributed by atoms with Crippen LogP contribution in [0.3, 0.4) is 0 Å². The molecule has 0 saturated carbocycles. The summed E-state index contributed by atoms with van der Waals surface area (Å²) in [6.07, 6.45) is 0. The predicted octanol–water partition coefficient (Wildman–Crippen LogP) is 3.31. The summed E-state index contributed by atoms with van der Waals surface area (Å²) in [6.45, 7) is 4.29. The van der Waals surface area contributed by atoms with Crippen molar-refractivity contribution < 1.29 is 9.66 Å². The van der Waals surface area contributed by atoms with Gasteiger partial charge in [0.25, 0.3) is 5.69 Å². The molecule has 0 saturated heterocycles. The Balaban J connectivity index is 2.81. The van der Waals surface area contributed by atoms with Gasteiger partial charge in [0.1, 0.15) is 5.75 Å². The largest absolute Gasteiger partial charge is 0.493 e. The fourth-order valence-electron chi connectivity index (χ4n) is 1.23. The average molecular weight is 288 g/mol. The summed E-state index contributed by atoms with van der Waals surface area (Å²) in [6, 6.07) is 4.87. The first-order valence-corrected chi connectivity index (χ1v) is 6.11. The molecule has 0 amide bonds. The van der Waals surface area contributed by atoms with Crippen molar-refractivity contribution in [3.8, 4) is 5.75 Å². The minimum Gasteiger partial charge on any atom is -0.493 e. The summed E-state index contributed by atoms with van der Waals surface area (Å²) < 4.78 is 5.55. The maximum absolute atomic E-state index is 10.7. The maximum atomic E-state index is 10.7. The van der Waals surface area contributed by atoms with Crippen LogP contribution in [0.4, 0.5) is 5.69 Å². The van der Waals surface area contributed by atoms with E-state index in [0.29, 0.717) is 23.8 Å². The number of halogens is 1. The van der Waals surface area contributed by atoms with E-state index in [-0.39, 0.29) is 5.69 Å². The van der Waals surface area contributed by atoms with Gasteiger partial charge in [0.05, 0.1) is 17.1 Å². The van der Waals surface area contributed by atoms with Crippen LogP contribution >= 0.6 is 15.9 Å². The minimum absolute atomic E-state index is 0.101. The van der Waals surface area contributed by atoms with E-state index < -0.39 is 4.92 Å². The van der Waals surface area contributed by atoms with Crippen LogP contribution in [0.25, 0.3) is 0 Å². The number of nitro benzene ring substituents is 1. The minimum atomic E-state index is -0.393. The smallest absolute Gasteiger partial charge is 0.276 e. The summed E-state index contributed by atoms with van der Waals surface area (Å²) in [5, 5.41) is 11.6. The number of nitro groups is 1. The van der Waals surface area contributed by atoms with E-state index in [2.05, 4.69) is 15.9 Å². The van der Waals surface area contributed by atoms with E-state index in [1.807, 2.05) is 6.92 Å². The standard InChI is InChI=1S/C11H14BrNO3/c1-8(6-12)7-16-11-5-3-4-10(9(11)2)13(14)15/h3-5,8H,6-7H2,1-2H3. The molecule has 88 valence electrons. The molecule has 16 heavy (non-hydrogen) atoms. The molecule has 1 aromatic rings. The van der Waals surface area contributed by atoms with E-state index in [4.69, 9.17) is 4.74 Å². The average Bonchev–Trinajstić information content (AvgIpc) is 2.26. The molecule has 1 rings (SSSR count). The second kappa shape index (κ2) is 5.84. The van der Waals surface area contributed by atoms with Crippen molar-refractivity contribution in [2.75, 3.05) is 11.9 Å². The number of rotatable bonds is 5. The first-order valence-electron chi connectivity index (χ1n) is 4.99. The van der Waals surface area contributed by atoms with Gasteiger partial charge in [-0.2, -0.15) is 0 Å². The van der Waals surface area contributed by atoms with Crippen molar-refractivity contribution in [3.63, 3.8) is 0 Å². The molecule has 0 fully saturated rings. The third kappa shape index (κ3) is 3.20. The van der Waals surface area contributed by atoms with Crippen molar-refractivity contribution in [1.29, 1.82) is 0 Å². The molecule has 0 radical (unpaired) electrons. The van der Waals surface area contributed by atoms with Crippen LogP contribution in [0, 0.1) is 23.0 Å². The third-order valence-electron chi connectivity index (χ3n) is 2.24. The van der Waals surface area contributed by atoms with Crippen LogP contribution in [0.1, 0.15) is 12.5 Å². The lowest BCUT2D eigenvalue weighted by Gasteiger charge is -2.12. The van der Waals surface area contributed by atoms with Gasteiger partial charge in [-0.05, 0) is 18.9 Å². The highest BCUT2D eigenvalue weighted by Crippen LogP contribution is 2.27. The van der Waals surface area contributed by atoms with Crippen molar-refractivity contribution in [2.45, 2.75) is 13.8 Å². The molecule has 5 heteroatoms. The molecule has 0 spiro atoms. The molecular weight excluding hydrogens is 274 g/mol. The highest BCUT2D eigenvalue weighted by molar-refractivity contribution is 9.09. The fraction of sp³-hybridized carbons (Fsp3) is 0.455. The molecular formula is C11H14BrNO3. The Morgan fingerprint density at radius 1 is 1.56 bits per heavy atom. The summed E-state index contributed by atoms with van der Waals surface area (Å²) in [4.78, 5) is 10.3. The maximum Gasteiger partial charge on any atom is 0.276 e. The molecule has 0 aliphatic rings. The molecule has 0 aromatic heterocycles. The van der Waals surface area contributed by atoms with Crippen molar-refractivity contribution in [1.82, 2.24) is 0 Å². The van der Waals surface area contributed by atoms with Gasteiger partial charge in [0.2, 0.25) is 0 Å². The topological polar surface area (TPSA) is 52.4 Å². The van der Waals surface area contributed by atoms with Gasteiger partial charge in [-0.15, -0.1) is 0 Å². The Kier molecular flexibility index (Phi) is 4.73. The quantitative estimate of drug-likeness (QED) is 0.474. The van der Waals surface area contributed by atoms with E-state index >= 15 is 0 Å². The van der Waals surface area contributed by atoms with Gasteiger partial charge in [-0.1, -0.05) is 28.9 Å². The number of alkyl halides is 1. The van der Waals surface area contributed by atoms with Gasteiger partial charge < -0.3 is 4.74 Å². The lowest BCUT2D eigenvalue weighted by Crippen LogP contribution is -2.10. The summed E-state index contributed by atoms with van der Waals surface area (Å²) in [5.41, 5.74) is 0.679. The first kappa shape index (κ1) is 13.0. The van der Waals surface area contributed by atoms with E-state index in [1.165, 1.54) is 6.07 Å². The van der Waals surface area contributed by atoms with Gasteiger partial charge in [-0.25, -0.2) is 0 Å². The number of hydrogen-bond donors (Lipinski definition) is 0. The van der Waals surface area contributed by atoms with E-state index in [9.17, 15) is 10.1 Å². The predicted molar refractivity (Wildman–Crippen MR) is 66.3 cm³/mol. The van der Waals surface area contributed by atoms with E-state index in [1.54, 1.807) is 19.1 Å². The fourth-order valence-corrected chi connectivity index (χ4v) is 1.42. The highest BCUT2D eigenvalue weighted by atomic mass is 79.9. The monoisotopic (exact) mass is 287 g/mol. The van der Waals surface area contributed by atoms with Crippen LogP contribution in [0.15, 0.2) is 18.2 Å². The van der Waals surface area contributed by atoms with Crippen molar-refractivity contribution in [3.05, 3.63) is 33.9 Å². The zero-order valence-electron chi connectivity index (χ0n) is 9.27. The summed E-state index contributed by atoms with van der Waals surface area (Å²) >= 11 is 3.36. The van der Waals surface area contributed by atoms with Crippen LogP contribution < -0.4 is 4.74 Å². The second-order valence-corrected chi connectivity index (χ2v) is 4.38. The summed E-state index contributed by atoms with van der Waals surface area (Å²) in [5.74, 6) is 0.959. The molecule has 0 aliphatic carbocycles.